The van der Waals surface area contributed by atoms with Gasteiger partial charge in [-0.1, -0.05) is 12.1 Å². The van der Waals surface area contributed by atoms with Gasteiger partial charge in [0.05, 0.1) is 11.2 Å². The van der Waals surface area contributed by atoms with E-state index in [0.717, 1.165) is 28.1 Å². The van der Waals surface area contributed by atoms with Crippen molar-refractivity contribution in [1.82, 2.24) is 19.7 Å². The lowest BCUT2D eigenvalue weighted by Gasteiger charge is -2.07. The topological polar surface area (TPSA) is 43.6 Å². The van der Waals surface area contributed by atoms with Gasteiger partial charge in [0.1, 0.15) is 0 Å². The normalized spacial score (nSPS) is 11.2. The second kappa shape index (κ2) is 4.31. The van der Waals surface area contributed by atoms with Crippen LogP contribution in [0.1, 0.15) is 17.0 Å². The van der Waals surface area contributed by atoms with Crippen LogP contribution in [0.3, 0.4) is 0 Å². The Morgan fingerprint density at radius 2 is 1.79 bits per heavy atom. The summed E-state index contributed by atoms with van der Waals surface area (Å²) in [7, 11) is 0. The van der Waals surface area contributed by atoms with Gasteiger partial charge in [0.2, 0.25) is 5.28 Å². The van der Waals surface area contributed by atoms with Crippen LogP contribution in [-0.4, -0.2) is 19.7 Å². The van der Waals surface area contributed by atoms with Crippen LogP contribution < -0.4 is 0 Å². The molecule has 0 fully saturated rings. The smallest absolute Gasteiger partial charge is 0.218 e. The van der Waals surface area contributed by atoms with E-state index in [1.807, 2.05) is 42.8 Å². The molecule has 0 N–H and O–H groups in total. The molecule has 0 spiro atoms. The predicted octanol–water partition coefficient (Wildman–Crippen LogP) is 3.39. The van der Waals surface area contributed by atoms with Crippen molar-refractivity contribution in [3.63, 3.8) is 0 Å². The molecule has 0 aliphatic heterocycles. The minimum atomic E-state index is 0.235. The van der Waals surface area contributed by atoms with Gasteiger partial charge < -0.3 is 0 Å². The maximum Gasteiger partial charge on any atom is 0.224 e. The third-order valence-corrected chi connectivity index (χ3v) is 3.58. The second-order valence-corrected chi connectivity index (χ2v) is 4.88. The zero-order chi connectivity index (χ0) is 13.6. The fourth-order valence-electron chi connectivity index (χ4n) is 2.12. The average molecular weight is 273 g/mol. The molecule has 0 bridgehead atoms. The molecule has 0 radical (unpaired) electrons. The first-order valence-corrected chi connectivity index (χ1v) is 6.41. The summed E-state index contributed by atoms with van der Waals surface area (Å²) in [4.78, 5) is 8.58. The Kier molecular flexibility index (Phi) is 2.75. The van der Waals surface area contributed by atoms with Gasteiger partial charge in [-0.05, 0) is 50.1 Å². The van der Waals surface area contributed by atoms with E-state index in [-0.39, 0.29) is 5.28 Å². The molecule has 0 aliphatic rings. The number of benzene rings is 1. The van der Waals surface area contributed by atoms with Crippen molar-refractivity contribution in [3.8, 4) is 5.82 Å². The number of aromatic nitrogens is 4. The van der Waals surface area contributed by atoms with Gasteiger partial charge in [-0.25, -0.2) is 9.67 Å². The first-order chi connectivity index (χ1) is 9.08. The summed E-state index contributed by atoms with van der Waals surface area (Å²) in [5, 5.41) is 5.72. The monoisotopic (exact) mass is 272 g/mol. The van der Waals surface area contributed by atoms with Crippen molar-refractivity contribution < 1.29 is 0 Å². The summed E-state index contributed by atoms with van der Waals surface area (Å²) in [6.45, 7) is 6.07. The predicted molar refractivity (Wildman–Crippen MR) is 75.9 cm³/mol. The van der Waals surface area contributed by atoms with Crippen molar-refractivity contribution in [1.29, 1.82) is 0 Å². The van der Waals surface area contributed by atoms with Crippen molar-refractivity contribution in [2.75, 3.05) is 0 Å². The lowest BCUT2D eigenvalue weighted by molar-refractivity contribution is 0.810. The summed E-state index contributed by atoms with van der Waals surface area (Å²) >= 11 is 6.01. The third-order valence-electron chi connectivity index (χ3n) is 3.41. The van der Waals surface area contributed by atoms with Crippen LogP contribution in [0.5, 0.6) is 0 Å². The van der Waals surface area contributed by atoms with E-state index in [4.69, 9.17) is 11.6 Å². The van der Waals surface area contributed by atoms with E-state index < -0.39 is 0 Å². The quantitative estimate of drug-likeness (QED) is 0.638. The number of hydrogen-bond donors (Lipinski definition) is 0. The molecule has 0 saturated heterocycles. The molecule has 1 aromatic carbocycles. The molecule has 0 amide bonds. The Morgan fingerprint density at radius 1 is 1.05 bits per heavy atom. The highest BCUT2D eigenvalue weighted by molar-refractivity contribution is 6.28. The first-order valence-electron chi connectivity index (χ1n) is 6.03. The number of fused-ring (bicyclic) bond motifs is 1. The molecule has 4 nitrogen and oxygen atoms in total. The number of nitrogens with zero attached hydrogens (tertiary/aromatic N) is 4. The fourth-order valence-corrected chi connectivity index (χ4v) is 2.29. The first kappa shape index (κ1) is 12.1. The van der Waals surface area contributed by atoms with E-state index in [0.29, 0.717) is 0 Å². The van der Waals surface area contributed by atoms with Crippen molar-refractivity contribution in [2.45, 2.75) is 20.8 Å². The molecule has 0 unspecified atom stereocenters. The molecular formula is C14H13ClN4. The van der Waals surface area contributed by atoms with Crippen molar-refractivity contribution >= 4 is 22.5 Å². The van der Waals surface area contributed by atoms with Crippen molar-refractivity contribution in [2.24, 2.45) is 0 Å². The maximum atomic E-state index is 6.01. The van der Waals surface area contributed by atoms with Crippen LogP contribution in [0.2, 0.25) is 5.28 Å². The summed E-state index contributed by atoms with van der Waals surface area (Å²) in [5.41, 5.74) is 4.05. The summed E-state index contributed by atoms with van der Waals surface area (Å²) in [5.74, 6) is 0.726. The molecule has 3 rings (SSSR count). The molecule has 3 aromatic rings. The molecular weight excluding hydrogens is 260 g/mol. The van der Waals surface area contributed by atoms with Gasteiger partial charge in [0, 0.05) is 11.1 Å². The zero-order valence-corrected chi connectivity index (χ0v) is 11.7. The molecule has 0 saturated carbocycles. The van der Waals surface area contributed by atoms with Gasteiger partial charge in [-0.2, -0.15) is 10.1 Å². The number of halogens is 1. The lowest BCUT2D eigenvalue weighted by Crippen LogP contribution is -2.04. The highest BCUT2D eigenvalue weighted by Crippen LogP contribution is 2.23. The van der Waals surface area contributed by atoms with E-state index >= 15 is 0 Å². The molecule has 0 atom stereocenters. The van der Waals surface area contributed by atoms with Crippen LogP contribution >= 0.6 is 11.6 Å². The standard InChI is InChI=1S/C14H13ClN4/c1-8-9(2)18-19(10(8)3)13-11-6-4-5-7-12(11)16-14(15)17-13/h4-7H,1-3H3. The van der Waals surface area contributed by atoms with E-state index in [1.54, 1.807) is 0 Å². The van der Waals surface area contributed by atoms with Crippen LogP contribution in [-0.2, 0) is 0 Å². The highest BCUT2D eigenvalue weighted by atomic mass is 35.5. The Bertz CT molecular complexity index is 776. The minimum absolute atomic E-state index is 0.235. The Labute approximate surface area is 116 Å². The summed E-state index contributed by atoms with van der Waals surface area (Å²) in [6, 6.07) is 7.79. The number of para-hydroxylation sites is 1. The SMILES string of the molecule is Cc1nn(-c2nc(Cl)nc3ccccc23)c(C)c1C. The van der Waals surface area contributed by atoms with Crippen LogP contribution in [0.25, 0.3) is 16.7 Å². The number of hydrogen-bond acceptors (Lipinski definition) is 3. The van der Waals surface area contributed by atoms with Crippen LogP contribution in [0, 0.1) is 20.8 Å². The van der Waals surface area contributed by atoms with Gasteiger partial charge in [0.15, 0.2) is 5.82 Å². The van der Waals surface area contributed by atoms with Crippen LogP contribution in [0.15, 0.2) is 24.3 Å². The van der Waals surface area contributed by atoms with Crippen LogP contribution in [0.4, 0.5) is 0 Å². The van der Waals surface area contributed by atoms with Gasteiger partial charge in [-0.15, -0.1) is 0 Å². The van der Waals surface area contributed by atoms with Gasteiger partial charge >= 0.3 is 0 Å². The summed E-state index contributed by atoms with van der Waals surface area (Å²) < 4.78 is 1.83. The Balaban J connectivity index is 2.38. The Morgan fingerprint density at radius 3 is 2.47 bits per heavy atom. The maximum absolute atomic E-state index is 6.01. The highest BCUT2D eigenvalue weighted by Gasteiger charge is 2.14. The largest absolute Gasteiger partial charge is 0.224 e. The second-order valence-electron chi connectivity index (χ2n) is 4.54. The Hall–Kier alpha value is -1.94. The molecule has 2 aromatic heterocycles. The molecule has 19 heavy (non-hydrogen) atoms. The molecule has 2 heterocycles. The van der Waals surface area contributed by atoms with Crippen molar-refractivity contribution in [3.05, 3.63) is 46.5 Å². The fraction of sp³-hybridized carbons (Fsp3) is 0.214. The molecule has 0 aliphatic carbocycles. The van der Waals surface area contributed by atoms with Gasteiger partial charge in [0.25, 0.3) is 0 Å². The number of aryl methyl sites for hydroxylation is 1. The third kappa shape index (κ3) is 1.88. The number of rotatable bonds is 1. The zero-order valence-electron chi connectivity index (χ0n) is 11.0. The van der Waals surface area contributed by atoms with E-state index in [2.05, 4.69) is 22.0 Å². The van der Waals surface area contributed by atoms with E-state index in [1.165, 1.54) is 5.56 Å². The lowest BCUT2D eigenvalue weighted by atomic mass is 10.2. The van der Waals surface area contributed by atoms with Gasteiger partial charge in [-0.3, -0.25) is 0 Å². The van der Waals surface area contributed by atoms with E-state index in [9.17, 15) is 0 Å². The minimum Gasteiger partial charge on any atom is -0.218 e. The summed E-state index contributed by atoms with van der Waals surface area (Å²) in [6.07, 6.45) is 0. The molecule has 96 valence electrons. The molecule has 5 heteroatoms. The average Bonchev–Trinajstić information content (AvgIpc) is 2.65.